The van der Waals surface area contributed by atoms with Gasteiger partial charge in [-0.1, -0.05) is 12.8 Å². The van der Waals surface area contributed by atoms with E-state index in [-0.39, 0.29) is 24.3 Å². The molecule has 0 saturated heterocycles. The Kier molecular flexibility index (Phi) is 5.48. The van der Waals surface area contributed by atoms with Gasteiger partial charge in [0.05, 0.1) is 17.8 Å². The molecule has 0 unspecified atom stereocenters. The van der Waals surface area contributed by atoms with E-state index >= 15 is 0 Å². The lowest BCUT2D eigenvalue weighted by atomic mass is 10.0. The van der Waals surface area contributed by atoms with Crippen molar-refractivity contribution >= 4 is 34.4 Å². The van der Waals surface area contributed by atoms with Gasteiger partial charge in [0.15, 0.2) is 5.78 Å². The van der Waals surface area contributed by atoms with Crippen LogP contribution < -0.4 is 10.6 Å². The Hall–Kier alpha value is -2.83. The van der Waals surface area contributed by atoms with Gasteiger partial charge in [-0.05, 0) is 45.7 Å². The number of rotatable bonds is 5. The fraction of sp³-hybridized carbons (Fsp3) is 0.450. The summed E-state index contributed by atoms with van der Waals surface area (Å²) < 4.78 is 4.96. The van der Waals surface area contributed by atoms with Crippen molar-refractivity contribution in [3.8, 4) is 0 Å². The van der Waals surface area contributed by atoms with Gasteiger partial charge >= 0.3 is 6.09 Å². The smallest absolute Gasteiger partial charge is 0.411 e. The lowest BCUT2D eigenvalue weighted by molar-refractivity contribution is 0.0936. The predicted octanol–water partition coefficient (Wildman–Crippen LogP) is 3.92. The zero-order chi connectivity index (χ0) is 19.6. The van der Waals surface area contributed by atoms with E-state index in [1.54, 1.807) is 26.0 Å². The standard InChI is InChI=1S/C20H25N3O4/c1-4-27-20(26)23-16-10-13(19(25)22-14-7-5-6-8-14)9-15-17(12(3)24)11(2)21-18(15)16/h9-10,14,21H,4-8H2,1-3H3,(H,22,25)(H,23,26). The number of Topliss-reactive ketones (excluding diaryl/α,β-unsaturated/α-hetero) is 1. The molecule has 27 heavy (non-hydrogen) atoms. The number of carbonyl (C=O) groups excluding carboxylic acids is 3. The van der Waals surface area contributed by atoms with Crippen molar-refractivity contribution in [3.05, 3.63) is 29.0 Å². The minimum absolute atomic E-state index is 0.103. The van der Waals surface area contributed by atoms with Gasteiger partial charge in [0.25, 0.3) is 5.91 Å². The molecule has 7 heteroatoms. The lowest BCUT2D eigenvalue weighted by Gasteiger charge is -2.14. The number of anilines is 1. The molecule has 1 aliphatic rings. The number of benzene rings is 1. The van der Waals surface area contributed by atoms with Crippen LogP contribution in [0.2, 0.25) is 0 Å². The number of aryl methyl sites for hydroxylation is 1. The monoisotopic (exact) mass is 371 g/mol. The van der Waals surface area contributed by atoms with Crippen molar-refractivity contribution in [1.82, 2.24) is 10.3 Å². The number of hydrogen-bond acceptors (Lipinski definition) is 4. The van der Waals surface area contributed by atoms with Crippen LogP contribution in [0.1, 0.15) is 65.9 Å². The van der Waals surface area contributed by atoms with Gasteiger partial charge in [-0.15, -0.1) is 0 Å². The van der Waals surface area contributed by atoms with Gasteiger partial charge in [0, 0.05) is 28.2 Å². The number of hydrogen-bond donors (Lipinski definition) is 3. The number of nitrogens with one attached hydrogen (secondary N) is 3. The van der Waals surface area contributed by atoms with Crippen LogP contribution in [0.3, 0.4) is 0 Å². The Balaban J connectivity index is 2.04. The summed E-state index contributed by atoms with van der Waals surface area (Å²) in [6.07, 6.45) is 3.58. The highest BCUT2D eigenvalue weighted by molar-refractivity contribution is 6.14. The number of H-pyrrole nitrogens is 1. The van der Waals surface area contributed by atoms with Crippen LogP contribution in [0.4, 0.5) is 10.5 Å². The number of fused-ring (bicyclic) bond motifs is 1. The van der Waals surface area contributed by atoms with Crippen LogP contribution >= 0.6 is 0 Å². The second kappa shape index (κ2) is 7.82. The molecule has 1 aromatic heterocycles. The Labute approximate surface area is 157 Å². The summed E-state index contributed by atoms with van der Waals surface area (Å²) in [6, 6.07) is 3.49. The van der Waals surface area contributed by atoms with Crippen molar-refractivity contribution in [2.24, 2.45) is 0 Å². The molecule has 0 bridgehead atoms. The molecule has 1 saturated carbocycles. The summed E-state index contributed by atoms with van der Waals surface area (Å²) in [5.41, 5.74) is 2.63. The van der Waals surface area contributed by atoms with Crippen LogP contribution in [-0.4, -0.2) is 35.4 Å². The number of amides is 2. The summed E-state index contributed by atoms with van der Waals surface area (Å²) in [7, 11) is 0. The number of carbonyl (C=O) groups is 3. The second-order valence-corrected chi connectivity index (χ2v) is 6.93. The fourth-order valence-corrected chi connectivity index (χ4v) is 3.73. The summed E-state index contributed by atoms with van der Waals surface area (Å²) in [5, 5.41) is 6.33. The third-order valence-electron chi connectivity index (χ3n) is 4.91. The Morgan fingerprint density at radius 1 is 1.22 bits per heavy atom. The molecular weight excluding hydrogens is 346 g/mol. The van der Waals surface area contributed by atoms with E-state index in [1.165, 1.54) is 6.92 Å². The maximum absolute atomic E-state index is 12.7. The normalized spacial score (nSPS) is 14.3. The number of aromatic nitrogens is 1. The molecule has 144 valence electrons. The van der Waals surface area contributed by atoms with E-state index < -0.39 is 6.09 Å². The van der Waals surface area contributed by atoms with E-state index in [1.807, 2.05) is 0 Å². The quantitative estimate of drug-likeness (QED) is 0.694. The molecule has 3 N–H and O–H groups in total. The first-order chi connectivity index (χ1) is 12.9. The van der Waals surface area contributed by atoms with Crippen molar-refractivity contribution < 1.29 is 19.1 Å². The number of ketones is 1. The van der Waals surface area contributed by atoms with Crippen LogP contribution in [0.25, 0.3) is 10.9 Å². The maximum Gasteiger partial charge on any atom is 0.411 e. The van der Waals surface area contributed by atoms with E-state index in [0.717, 1.165) is 25.7 Å². The lowest BCUT2D eigenvalue weighted by Crippen LogP contribution is -2.32. The van der Waals surface area contributed by atoms with Gasteiger partial charge in [0.1, 0.15) is 0 Å². The molecule has 0 atom stereocenters. The first-order valence-corrected chi connectivity index (χ1v) is 9.32. The van der Waals surface area contributed by atoms with Crippen LogP contribution in [0.15, 0.2) is 12.1 Å². The summed E-state index contributed by atoms with van der Waals surface area (Å²) in [6.45, 7) is 5.23. The second-order valence-electron chi connectivity index (χ2n) is 6.93. The Morgan fingerprint density at radius 2 is 1.93 bits per heavy atom. The molecular formula is C20H25N3O4. The highest BCUT2D eigenvalue weighted by Gasteiger charge is 2.22. The average molecular weight is 371 g/mol. The first-order valence-electron chi connectivity index (χ1n) is 9.32. The van der Waals surface area contributed by atoms with E-state index in [4.69, 9.17) is 4.74 Å². The Morgan fingerprint density at radius 3 is 2.56 bits per heavy atom. The minimum atomic E-state index is -0.608. The van der Waals surface area contributed by atoms with Crippen LogP contribution in [-0.2, 0) is 4.74 Å². The fourth-order valence-electron chi connectivity index (χ4n) is 3.73. The molecule has 7 nitrogen and oxygen atoms in total. The van der Waals surface area contributed by atoms with E-state index in [0.29, 0.717) is 33.4 Å². The number of aromatic amines is 1. The largest absolute Gasteiger partial charge is 0.450 e. The topological polar surface area (TPSA) is 100 Å². The van der Waals surface area contributed by atoms with Gasteiger partial charge in [-0.2, -0.15) is 0 Å². The molecule has 3 rings (SSSR count). The molecule has 0 radical (unpaired) electrons. The third kappa shape index (κ3) is 3.97. The zero-order valence-corrected chi connectivity index (χ0v) is 15.9. The molecule has 2 amide bonds. The molecule has 0 spiro atoms. The molecule has 0 aliphatic heterocycles. The zero-order valence-electron chi connectivity index (χ0n) is 15.9. The van der Waals surface area contributed by atoms with Crippen LogP contribution in [0, 0.1) is 6.92 Å². The molecule has 2 aromatic rings. The maximum atomic E-state index is 12.7. The van der Waals surface area contributed by atoms with Gasteiger partial charge < -0.3 is 15.0 Å². The Bertz CT molecular complexity index is 894. The summed E-state index contributed by atoms with van der Waals surface area (Å²) in [4.78, 5) is 39.9. The minimum Gasteiger partial charge on any atom is -0.450 e. The SMILES string of the molecule is CCOC(=O)Nc1cc(C(=O)NC2CCCC2)cc2c(C(C)=O)c(C)[nH]c12. The number of ether oxygens (including phenoxy) is 1. The van der Waals surface area contributed by atoms with E-state index in [2.05, 4.69) is 15.6 Å². The van der Waals surface area contributed by atoms with Gasteiger partial charge in [-0.3, -0.25) is 14.9 Å². The highest BCUT2D eigenvalue weighted by Crippen LogP contribution is 2.31. The van der Waals surface area contributed by atoms with Gasteiger partial charge in [0.2, 0.25) is 0 Å². The highest BCUT2D eigenvalue weighted by atomic mass is 16.5. The third-order valence-corrected chi connectivity index (χ3v) is 4.91. The molecule has 1 fully saturated rings. The summed E-state index contributed by atoms with van der Waals surface area (Å²) >= 11 is 0. The van der Waals surface area contributed by atoms with Crippen LogP contribution in [0.5, 0.6) is 0 Å². The van der Waals surface area contributed by atoms with Crippen molar-refractivity contribution in [3.63, 3.8) is 0 Å². The van der Waals surface area contributed by atoms with Crippen molar-refractivity contribution in [2.45, 2.75) is 52.5 Å². The average Bonchev–Trinajstić information content (AvgIpc) is 3.21. The molecule has 1 heterocycles. The van der Waals surface area contributed by atoms with Crippen molar-refractivity contribution in [1.29, 1.82) is 0 Å². The van der Waals surface area contributed by atoms with Crippen molar-refractivity contribution in [2.75, 3.05) is 11.9 Å². The predicted molar refractivity (Wildman–Crippen MR) is 103 cm³/mol. The molecule has 1 aliphatic carbocycles. The summed E-state index contributed by atoms with van der Waals surface area (Å²) in [5.74, 6) is -0.307. The molecule has 1 aromatic carbocycles. The van der Waals surface area contributed by atoms with Gasteiger partial charge in [-0.25, -0.2) is 4.79 Å². The van der Waals surface area contributed by atoms with E-state index in [9.17, 15) is 14.4 Å². The first kappa shape index (κ1) is 18.9.